The highest BCUT2D eigenvalue weighted by molar-refractivity contribution is 5.91. The molecule has 0 bridgehead atoms. The molecule has 5 nitrogen and oxygen atoms in total. The third kappa shape index (κ3) is 5.64. The molecule has 0 aliphatic carbocycles. The van der Waals surface area contributed by atoms with Gasteiger partial charge in [0, 0.05) is 22.7 Å². The molecule has 1 aromatic carbocycles. The van der Waals surface area contributed by atoms with E-state index >= 15 is 0 Å². The van der Waals surface area contributed by atoms with Crippen molar-refractivity contribution in [2.75, 3.05) is 6.61 Å². The summed E-state index contributed by atoms with van der Waals surface area (Å²) in [7, 11) is 0. The molecule has 0 saturated heterocycles. The molecule has 5 heteroatoms. The number of rotatable bonds is 6. The van der Waals surface area contributed by atoms with Crippen molar-refractivity contribution >= 4 is 17.8 Å². The molecular weight excluding hydrogens is 340 g/mol. The van der Waals surface area contributed by atoms with Crippen molar-refractivity contribution in [3.63, 3.8) is 0 Å². The van der Waals surface area contributed by atoms with Crippen LogP contribution in [0.1, 0.15) is 48.8 Å². The maximum absolute atomic E-state index is 11.9. The normalized spacial score (nSPS) is 11.8. The van der Waals surface area contributed by atoms with Crippen LogP contribution in [-0.2, 0) is 20.9 Å². The summed E-state index contributed by atoms with van der Waals surface area (Å²) < 4.78 is 6.97. The van der Waals surface area contributed by atoms with Crippen molar-refractivity contribution in [2.45, 2.75) is 48.1 Å². The smallest absolute Gasteiger partial charge is 0.331 e. The van der Waals surface area contributed by atoms with Crippen molar-refractivity contribution in [3.8, 4) is 0 Å². The molecule has 0 amide bonds. The van der Waals surface area contributed by atoms with Gasteiger partial charge in [-0.05, 0) is 32.4 Å². The topological polar surface area (TPSA) is 61.2 Å². The Balaban J connectivity index is 2.05. The number of aromatic nitrogens is 2. The molecule has 144 valence electrons. The van der Waals surface area contributed by atoms with Gasteiger partial charge in [-0.15, -0.1) is 0 Å². The van der Waals surface area contributed by atoms with E-state index in [1.54, 1.807) is 26.8 Å². The molecule has 0 atom stereocenters. The van der Waals surface area contributed by atoms with Gasteiger partial charge in [0.15, 0.2) is 12.4 Å². The predicted molar refractivity (Wildman–Crippen MR) is 106 cm³/mol. The standard InChI is InChI=1S/C22H28N2O3/c1-15-7-9-18(10-8-15)13-24-17(3)19(16(2)23-24)11-12-21(26)27-14-20(25)22(4,5)6/h7-12H,13-14H2,1-6H3/b12-11+. The van der Waals surface area contributed by atoms with Crippen molar-refractivity contribution in [3.05, 3.63) is 58.4 Å². The summed E-state index contributed by atoms with van der Waals surface area (Å²) in [4.78, 5) is 23.7. The second kappa shape index (κ2) is 8.33. The molecule has 0 N–H and O–H groups in total. The highest BCUT2D eigenvalue weighted by Crippen LogP contribution is 2.17. The molecule has 27 heavy (non-hydrogen) atoms. The zero-order valence-corrected chi connectivity index (χ0v) is 17.0. The maximum Gasteiger partial charge on any atom is 0.331 e. The SMILES string of the molecule is Cc1ccc(Cn2nc(C)c(/C=C/C(=O)OCC(=O)C(C)(C)C)c2C)cc1. The number of nitrogens with zero attached hydrogens (tertiary/aromatic N) is 2. The molecule has 0 unspecified atom stereocenters. The summed E-state index contributed by atoms with van der Waals surface area (Å²) in [6.07, 6.45) is 3.05. The average Bonchev–Trinajstić information content (AvgIpc) is 2.85. The van der Waals surface area contributed by atoms with E-state index in [0.29, 0.717) is 6.54 Å². The number of esters is 1. The zero-order chi connectivity index (χ0) is 20.2. The molecule has 1 heterocycles. The second-order valence-electron chi connectivity index (χ2n) is 7.84. The number of carbonyl (C=O) groups is 2. The second-order valence-corrected chi connectivity index (χ2v) is 7.84. The van der Waals surface area contributed by atoms with Gasteiger partial charge in [0.1, 0.15) is 0 Å². The molecule has 0 aliphatic rings. The monoisotopic (exact) mass is 368 g/mol. The van der Waals surface area contributed by atoms with Gasteiger partial charge in [-0.25, -0.2) is 4.79 Å². The number of ketones is 1. The van der Waals surface area contributed by atoms with Gasteiger partial charge in [-0.1, -0.05) is 50.6 Å². The third-order valence-electron chi connectivity index (χ3n) is 4.46. The maximum atomic E-state index is 11.9. The first-order chi connectivity index (χ1) is 12.6. The minimum absolute atomic E-state index is 0.109. The van der Waals surface area contributed by atoms with Gasteiger partial charge in [0.25, 0.3) is 0 Å². The van der Waals surface area contributed by atoms with Crippen molar-refractivity contribution in [1.29, 1.82) is 0 Å². The van der Waals surface area contributed by atoms with Crippen molar-refractivity contribution in [1.82, 2.24) is 9.78 Å². The van der Waals surface area contributed by atoms with Gasteiger partial charge in [0.05, 0.1) is 12.2 Å². The Morgan fingerprint density at radius 1 is 1.11 bits per heavy atom. The van der Waals surface area contributed by atoms with Crippen LogP contribution in [0.15, 0.2) is 30.3 Å². The number of Topliss-reactive ketones (excluding diaryl/α,β-unsaturated/α-hetero) is 1. The Hall–Kier alpha value is -2.69. The molecular formula is C22H28N2O3. The lowest BCUT2D eigenvalue weighted by Crippen LogP contribution is -2.25. The van der Waals surface area contributed by atoms with Gasteiger partial charge < -0.3 is 4.74 Å². The van der Waals surface area contributed by atoms with Gasteiger partial charge in [-0.3, -0.25) is 9.48 Å². The van der Waals surface area contributed by atoms with Crippen LogP contribution in [0.3, 0.4) is 0 Å². The summed E-state index contributed by atoms with van der Waals surface area (Å²) in [5.74, 6) is -0.639. The molecule has 2 rings (SSSR count). The van der Waals surface area contributed by atoms with Crippen molar-refractivity contribution < 1.29 is 14.3 Å². The minimum Gasteiger partial charge on any atom is -0.455 e. The fourth-order valence-corrected chi connectivity index (χ4v) is 2.53. The number of ether oxygens (including phenoxy) is 1. The zero-order valence-electron chi connectivity index (χ0n) is 17.0. The van der Waals surface area contributed by atoms with E-state index in [1.165, 1.54) is 17.2 Å². The predicted octanol–water partition coefficient (Wildman–Crippen LogP) is 4.03. The fourth-order valence-electron chi connectivity index (χ4n) is 2.53. The van der Waals surface area contributed by atoms with Gasteiger partial charge in [-0.2, -0.15) is 5.10 Å². The lowest BCUT2D eigenvalue weighted by molar-refractivity contribution is -0.145. The summed E-state index contributed by atoms with van der Waals surface area (Å²) in [5, 5.41) is 4.57. The van der Waals surface area contributed by atoms with E-state index in [9.17, 15) is 9.59 Å². The number of hydrogen-bond acceptors (Lipinski definition) is 4. The fraction of sp³-hybridized carbons (Fsp3) is 0.409. The van der Waals surface area contributed by atoms with Crippen LogP contribution in [0.2, 0.25) is 0 Å². The van der Waals surface area contributed by atoms with Crippen LogP contribution in [-0.4, -0.2) is 28.1 Å². The number of benzene rings is 1. The van der Waals surface area contributed by atoms with Crippen LogP contribution in [0.25, 0.3) is 6.08 Å². The summed E-state index contributed by atoms with van der Waals surface area (Å²) in [5.41, 5.74) is 4.58. The van der Waals surface area contributed by atoms with Crippen molar-refractivity contribution in [2.24, 2.45) is 5.41 Å². The largest absolute Gasteiger partial charge is 0.455 e. The lowest BCUT2D eigenvalue weighted by Gasteiger charge is -2.15. The van der Waals surface area contributed by atoms with E-state index in [4.69, 9.17) is 4.74 Å². The summed E-state index contributed by atoms with van der Waals surface area (Å²) in [6, 6.07) is 8.34. The Morgan fingerprint density at radius 2 is 1.74 bits per heavy atom. The molecule has 0 saturated carbocycles. The first-order valence-corrected chi connectivity index (χ1v) is 9.05. The molecule has 0 aliphatic heterocycles. The summed E-state index contributed by atoms with van der Waals surface area (Å²) >= 11 is 0. The molecule has 0 fully saturated rings. The highest BCUT2D eigenvalue weighted by Gasteiger charge is 2.22. The third-order valence-corrected chi connectivity index (χ3v) is 4.46. The van der Waals surface area contributed by atoms with E-state index in [-0.39, 0.29) is 12.4 Å². The number of carbonyl (C=O) groups excluding carboxylic acids is 2. The Kier molecular flexibility index (Phi) is 6.37. The van der Waals surface area contributed by atoms with E-state index in [0.717, 1.165) is 17.0 Å². The van der Waals surface area contributed by atoms with Crippen LogP contribution in [0, 0.1) is 26.2 Å². The van der Waals surface area contributed by atoms with Crippen LogP contribution in [0.4, 0.5) is 0 Å². The number of aryl methyl sites for hydroxylation is 2. The molecule has 2 aromatic rings. The minimum atomic E-state index is -0.530. The van der Waals surface area contributed by atoms with Crippen LogP contribution < -0.4 is 0 Å². The van der Waals surface area contributed by atoms with E-state index in [2.05, 4.69) is 36.3 Å². The highest BCUT2D eigenvalue weighted by atomic mass is 16.5. The first-order valence-electron chi connectivity index (χ1n) is 9.05. The molecule has 0 spiro atoms. The van der Waals surface area contributed by atoms with Gasteiger partial charge in [0.2, 0.25) is 0 Å². The average molecular weight is 368 g/mol. The van der Waals surface area contributed by atoms with Gasteiger partial charge >= 0.3 is 5.97 Å². The first kappa shape index (κ1) is 20.6. The van der Waals surface area contributed by atoms with E-state index < -0.39 is 11.4 Å². The number of hydrogen-bond donors (Lipinski definition) is 0. The molecule has 1 aromatic heterocycles. The summed E-state index contributed by atoms with van der Waals surface area (Å²) in [6.45, 7) is 11.8. The lowest BCUT2D eigenvalue weighted by atomic mass is 9.91. The van der Waals surface area contributed by atoms with Crippen LogP contribution in [0.5, 0.6) is 0 Å². The molecule has 0 radical (unpaired) electrons. The Morgan fingerprint density at radius 3 is 2.33 bits per heavy atom. The Bertz CT molecular complexity index is 853. The Labute approximate surface area is 161 Å². The van der Waals surface area contributed by atoms with Crippen LogP contribution >= 0.6 is 0 Å². The quantitative estimate of drug-likeness (QED) is 0.570. The van der Waals surface area contributed by atoms with E-state index in [1.807, 2.05) is 18.5 Å².